The van der Waals surface area contributed by atoms with Gasteiger partial charge in [-0.2, -0.15) is 0 Å². The van der Waals surface area contributed by atoms with Crippen LogP contribution in [-0.2, 0) is 6.54 Å². The summed E-state index contributed by atoms with van der Waals surface area (Å²) in [5.41, 5.74) is 1.53. The Kier molecular flexibility index (Phi) is 6.53. The highest BCUT2D eigenvalue weighted by molar-refractivity contribution is 5.87. The number of carboxylic acid groups (broad SMARTS) is 1. The molecule has 1 saturated heterocycles. The maximum Gasteiger partial charge on any atom is 0.335 e. The van der Waals surface area contributed by atoms with Crippen molar-refractivity contribution >= 4 is 5.97 Å². The van der Waals surface area contributed by atoms with E-state index in [1.54, 1.807) is 12.1 Å². The van der Waals surface area contributed by atoms with Crippen LogP contribution in [0.3, 0.4) is 0 Å². The summed E-state index contributed by atoms with van der Waals surface area (Å²) in [5, 5.41) is 8.81. The summed E-state index contributed by atoms with van der Waals surface area (Å²) in [6, 6.07) is 7.16. The molecule has 4 nitrogen and oxygen atoms in total. The number of hydrogen-bond donors (Lipinski definition) is 1. The number of hydrogen-bond acceptors (Lipinski definition) is 3. The second-order valence-corrected chi connectivity index (χ2v) is 4.58. The van der Waals surface area contributed by atoms with E-state index in [1.807, 2.05) is 26.0 Å². The fourth-order valence-electron chi connectivity index (χ4n) is 2.02. The minimum atomic E-state index is -0.865. The average molecular weight is 264 g/mol. The van der Waals surface area contributed by atoms with Gasteiger partial charge in [0.25, 0.3) is 0 Å². The van der Waals surface area contributed by atoms with E-state index in [1.165, 1.54) is 5.56 Å². The van der Waals surface area contributed by atoms with Gasteiger partial charge in [0.05, 0.1) is 5.56 Å². The molecule has 0 amide bonds. The lowest BCUT2D eigenvalue weighted by Gasteiger charge is -2.32. The molecule has 4 heteroatoms. The second kappa shape index (κ2) is 7.92. The highest BCUT2D eigenvalue weighted by Gasteiger charge is 2.13. The van der Waals surface area contributed by atoms with E-state index in [0.717, 1.165) is 32.7 Å². The van der Waals surface area contributed by atoms with Gasteiger partial charge in [0, 0.05) is 32.7 Å². The van der Waals surface area contributed by atoms with Crippen molar-refractivity contribution in [2.45, 2.75) is 20.4 Å². The number of benzene rings is 1. The fraction of sp³-hybridized carbons (Fsp3) is 0.533. The lowest BCUT2D eigenvalue weighted by Crippen LogP contribution is -2.43. The molecule has 1 aromatic carbocycles. The van der Waals surface area contributed by atoms with Crippen molar-refractivity contribution in [3.8, 4) is 0 Å². The van der Waals surface area contributed by atoms with E-state index in [2.05, 4.69) is 16.8 Å². The number of rotatable bonds is 3. The average Bonchev–Trinajstić information content (AvgIpc) is 2.44. The number of likely N-dealkylation sites (N-methyl/N-ethyl adjacent to an activating group) is 1. The van der Waals surface area contributed by atoms with Crippen molar-refractivity contribution < 1.29 is 9.90 Å². The van der Waals surface area contributed by atoms with Gasteiger partial charge in [-0.3, -0.25) is 4.90 Å². The Labute approximate surface area is 115 Å². The van der Waals surface area contributed by atoms with Crippen molar-refractivity contribution in [3.05, 3.63) is 35.4 Å². The van der Waals surface area contributed by atoms with Crippen molar-refractivity contribution in [1.29, 1.82) is 0 Å². The van der Waals surface area contributed by atoms with Crippen LogP contribution in [0.15, 0.2) is 24.3 Å². The first-order valence-electron chi connectivity index (χ1n) is 6.88. The zero-order valence-corrected chi connectivity index (χ0v) is 12.1. The summed E-state index contributed by atoms with van der Waals surface area (Å²) in [5.74, 6) is -0.865. The highest BCUT2D eigenvalue weighted by atomic mass is 16.4. The van der Waals surface area contributed by atoms with E-state index in [-0.39, 0.29) is 0 Å². The van der Waals surface area contributed by atoms with Gasteiger partial charge < -0.3 is 10.0 Å². The molecule has 19 heavy (non-hydrogen) atoms. The van der Waals surface area contributed by atoms with Gasteiger partial charge in [0.1, 0.15) is 0 Å². The number of carbonyl (C=O) groups is 1. The third-order valence-electron chi connectivity index (χ3n) is 3.20. The van der Waals surface area contributed by atoms with Crippen LogP contribution < -0.4 is 0 Å². The first kappa shape index (κ1) is 15.7. The minimum Gasteiger partial charge on any atom is -0.478 e. The monoisotopic (exact) mass is 264 g/mol. The molecule has 0 bridgehead atoms. The van der Waals surface area contributed by atoms with Crippen LogP contribution in [0.25, 0.3) is 0 Å². The quantitative estimate of drug-likeness (QED) is 0.908. The first-order valence-corrected chi connectivity index (χ1v) is 6.88. The van der Waals surface area contributed by atoms with Crippen molar-refractivity contribution in [2.75, 3.05) is 33.2 Å². The molecule has 1 aromatic rings. The minimum absolute atomic E-state index is 0.354. The Morgan fingerprint density at radius 2 is 1.63 bits per heavy atom. The lowest BCUT2D eigenvalue weighted by atomic mass is 10.1. The first-order chi connectivity index (χ1) is 9.15. The molecule has 0 atom stereocenters. The van der Waals surface area contributed by atoms with Crippen molar-refractivity contribution in [3.63, 3.8) is 0 Å². The van der Waals surface area contributed by atoms with Crippen molar-refractivity contribution in [2.24, 2.45) is 0 Å². The number of piperazine rings is 1. The molecule has 1 aliphatic rings. The molecule has 0 radical (unpaired) electrons. The largest absolute Gasteiger partial charge is 0.478 e. The lowest BCUT2D eigenvalue weighted by molar-refractivity contribution is 0.0697. The fourth-order valence-corrected chi connectivity index (χ4v) is 2.02. The van der Waals surface area contributed by atoms with E-state index >= 15 is 0 Å². The number of carboxylic acids is 1. The zero-order chi connectivity index (χ0) is 14.3. The van der Waals surface area contributed by atoms with Crippen LogP contribution in [0, 0.1) is 0 Å². The SMILES string of the molecule is CC.CN1CCN(Cc2ccc(C(=O)O)cc2)CC1. The third-order valence-corrected chi connectivity index (χ3v) is 3.20. The smallest absolute Gasteiger partial charge is 0.335 e. The molecule has 0 saturated carbocycles. The van der Waals surface area contributed by atoms with Crippen LogP contribution >= 0.6 is 0 Å². The predicted octanol–water partition coefficient (Wildman–Crippen LogP) is 2.16. The Hall–Kier alpha value is -1.39. The molecular formula is C15H24N2O2. The predicted molar refractivity (Wildman–Crippen MR) is 77.5 cm³/mol. The van der Waals surface area contributed by atoms with Crippen LogP contribution in [0.4, 0.5) is 0 Å². The number of aromatic carboxylic acids is 1. The van der Waals surface area contributed by atoms with Gasteiger partial charge in [-0.25, -0.2) is 4.79 Å². The Morgan fingerprint density at radius 3 is 2.11 bits per heavy atom. The third kappa shape index (κ3) is 5.01. The standard InChI is InChI=1S/C13H18N2O2.C2H6/c1-14-6-8-15(9-7-14)10-11-2-4-12(5-3-11)13(16)17;1-2/h2-5H,6-10H2,1H3,(H,16,17);1-2H3. The molecule has 1 fully saturated rings. The van der Waals surface area contributed by atoms with Crippen LogP contribution in [0.1, 0.15) is 29.8 Å². The summed E-state index contributed by atoms with van der Waals surface area (Å²) >= 11 is 0. The van der Waals surface area contributed by atoms with E-state index in [4.69, 9.17) is 5.11 Å². The van der Waals surface area contributed by atoms with Crippen LogP contribution in [0.5, 0.6) is 0 Å². The Balaban J connectivity index is 0.000000861. The van der Waals surface area contributed by atoms with E-state index < -0.39 is 5.97 Å². The molecule has 1 heterocycles. The topological polar surface area (TPSA) is 43.8 Å². The van der Waals surface area contributed by atoms with Gasteiger partial charge in [-0.05, 0) is 24.7 Å². The molecule has 2 rings (SSSR count). The molecule has 1 N–H and O–H groups in total. The van der Waals surface area contributed by atoms with Gasteiger partial charge >= 0.3 is 5.97 Å². The van der Waals surface area contributed by atoms with Gasteiger partial charge in [0.15, 0.2) is 0 Å². The molecule has 0 spiro atoms. The second-order valence-electron chi connectivity index (χ2n) is 4.58. The Morgan fingerprint density at radius 1 is 1.11 bits per heavy atom. The summed E-state index contributed by atoms with van der Waals surface area (Å²) < 4.78 is 0. The van der Waals surface area contributed by atoms with Gasteiger partial charge in [-0.1, -0.05) is 26.0 Å². The maximum atomic E-state index is 10.7. The van der Waals surface area contributed by atoms with E-state index in [9.17, 15) is 4.79 Å². The summed E-state index contributed by atoms with van der Waals surface area (Å²) in [7, 11) is 2.14. The zero-order valence-electron chi connectivity index (χ0n) is 12.1. The number of nitrogens with zero attached hydrogens (tertiary/aromatic N) is 2. The molecule has 0 aromatic heterocycles. The molecular weight excluding hydrogens is 240 g/mol. The van der Waals surface area contributed by atoms with Gasteiger partial charge in [-0.15, -0.1) is 0 Å². The highest BCUT2D eigenvalue weighted by Crippen LogP contribution is 2.09. The van der Waals surface area contributed by atoms with Crippen molar-refractivity contribution in [1.82, 2.24) is 9.80 Å². The normalized spacial score (nSPS) is 16.6. The van der Waals surface area contributed by atoms with Gasteiger partial charge in [0.2, 0.25) is 0 Å². The molecule has 0 unspecified atom stereocenters. The van der Waals surface area contributed by atoms with E-state index in [0.29, 0.717) is 5.56 Å². The van der Waals surface area contributed by atoms with Crippen LogP contribution in [0.2, 0.25) is 0 Å². The molecule has 0 aliphatic carbocycles. The summed E-state index contributed by atoms with van der Waals surface area (Å²) in [6.07, 6.45) is 0. The van der Waals surface area contributed by atoms with Crippen LogP contribution in [-0.4, -0.2) is 54.1 Å². The maximum absolute atomic E-state index is 10.7. The summed E-state index contributed by atoms with van der Waals surface area (Å²) in [4.78, 5) is 15.4. The molecule has 106 valence electrons. The molecule has 1 aliphatic heterocycles. The Bertz CT molecular complexity index is 382. The summed E-state index contributed by atoms with van der Waals surface area (Å²) in [6.45, 7) is 9.28.